The zero-order valence-corrected chi connectivity index (χ0v) is 24.9. The van der Waals surface area contributed by atoms with Crippen LogP contribution in [0.1, 0.15) is 21.6 Å². The van der Waals surface area contributed by atoms with E-state index < -0.39 is 27.7 Å². The first kappa shape index (κ1) is 30.9. The van der Waals surface area contributed by atoms with Crippen molar-refractivity contribution in [3.8, 4) is 17.2 Å². The molecule has 0 fully saturated rings. The second-order valence-electron chi connectivity index (χ2n) is 9.44. The number of ether oxygens (including phenoxy) is 1. The molecule has 5 aromatic rings. The highest BCUT2D eigenvalue weighted by Gasteiger charge is 2.32. The summed E-state index contributed by atoms with van der Waals surface area (Å²) < 4.78 is 77.0. The van der Waals surface area contributed by atoms with Crippen molar-refractivity contribution in [1.29, 1.82) is 0 Å². The van der Waals surface area contributed by atoms with E-state index in [-0.39, 0.29) is 32.5 Å². The molecule has 0 radical (unpaired) electrons. The second-order valence-corrected chi connectivity index (χ2v) is 12.0. The van der Waals surface area contributed by atoms with Crippen molar-refractivity contribution in [2.45, 2.75) is 18.0 Å². The highest BCUT2D eigenvalue weighted by molar-refractivity contribution is 7.92. The van der Waals surface area contributed by atoms with Gasteiger partial charge in [0.25, 0.3) is 15.9 Å². The molecule has 0 spiro atoms. The second kappa shape index (κ2) is 12.2. The smallest absolute Gasteiger partial charge is 0.416 e. The Bertz CT molecular complexity index is 1960. The van der Waals surface area contributed by atoms with Gasteiger partial charge in [-0.15, -0.1) is 0 Å². The van der Waals surface area contributed by atoms with Gasteiger partial charge in [0, 0.05) is 22.6 Å². The topological polar surface area (TPSA) is 102 Å². The quantitative estimate of drug-likeness (QED) is 0.174. The summed E-state index contributed by atoms with van der Waals surface area (Å²) in [6, 6.07) is 19.1. The molecule has 0 saturated carbocycles. The van der Waals surface area contributed by atoms with Gasteiger partial charge in [-0.25, -0.2) is 13.4 Å². The standard InChI is InChI=1S/C30H21Cl2F3N4O4S/c1-18-16-39(17-36-18)22-13-19(30(33,34)35)12-21(15-22)37-29(40)25-14-20(31)6-11-27(25)38-44(41,42)24-9-7-23(8-10-24)43-28-5-3-2-4-26(28)32/h2-17,38H,1H3,(H,37,40). The molecule has 0 bridgehead atoms. The monoisotopic (exact) mass is 660 g/mol. The Morgan fingerprint density at radius 3 is 2.34 bits per heavy atom. The van der Waals surface area contributed by atoms with Crippen LogP contribution in [0.4, 0.5) is 24.5 Å². The van der Waals surface area contributed by atoms with Crippen molar-refractivity contribution < 1.29 is 31.1 Å². The third kappa shape index (κ3) is 7.16. The van der Waals surface area contributed by atoms with Gasteiger partial charge in [-0.1, -0.05) is 35.3 Å². The average molecular weight is 661 g/mol. The Kier molecular flexibility index (Phi) is 8.60. The number of hydrogen-bond acceptors (Lipinski definition) is 5. The number of nitrogens with zero attached hydrogens (tertiary/aromatic N) is 2. The number of para-hydroxylation sites is 1. The number of hydrogen-bond donors (Lipinski definition) is 2. The van der Waals surface area contributed by atoms with Gasteiger partial charge in [-0.3, -0.25) is 9.52 Å². The van der Waals surface area contributed by atoms with Crippen LogP contribution in [0.15, 0.2) is 102 Å². The largest absolute Gasteiger partial charge is 0.456 e. The molecule has 0 atom stereocenters. The lowest BCUT2D eigenvalue weighted by atomic mass is 10.1. The molecule has 5 rings (SSSR count). The van der Waals surface area contributed by atoms with Gasteiger partial charge in [0.05, 0.1) is 38.8 Å². The van der Waals surface area contributed by atoms with Crippen LogP contribution < -0.4 is 14.8 Å². The molecule has 4 aromatic carbocycles. The van der Waals surface area contributed by atoms with Gasteiger partial charge in [-0.05, 0) is 79.7 Å². The van der Waals surface area contributed by atoms with Crippen LogP contribution in [-0.2, 0) is 16.2 Å². The van der Waals surface area contributed by atoms with Gasteiger partial charge in [0.15, 0.2) is 0 Å². The van der Waals surface area contributed by atoms with Gasteiger partial charge < -0.3 is 14.6 Å². The van der Waals surface area contributed by atoms with Gasteiger partial charge in [0.1, 0.15) is 11.5 Å². The fraction of sp³-hybridized carbons (Fsp3) is 0.0667. The predicted molar refractivity (Wildman–Crippen MR) is 161 cm³/mol. The highest BCUT2D eigenvalue weighted by Crippen LogP contribution is 2.34. The molecule has 1 amide bonds. The Hall–Kier alpha value is -4.52. The Morgan fingerprint density at radius 2 is 1.68 bits per heavy atom. The zero-order chi connectivity index (χ0) is 31.6. The molecule has 226 valence electrons. The number of nitrogens with one attached hydrogen (secondary N) is 2. The average Bonchev–Trinajstić information content (AvgIpc) is 3.41. The molecule has 0 saturated heterocycles. The summed E-state index contributed by atoms with van der Waals surface area (Å²) in [5.41, 5.74) is -0.895. The Balaban J connectivity index is 1.40. The van der Waals surface area contributed by atoms with Gasteiger partial charge in [-0.2, -0.15) is 13.2 Å². The minimum atomic E-state index is -4.71. The minimum Gasteiger partial charge on any atom is -0.456 e. The molecule has 1 heterocycles. The van der Waals surface area contributed by atoms with Crippen molar-refractivity contribution in [2.75, 3.05) is 10.0 Å². The van der Waals surface area contributed by atoms with Crippen LogP contribution in [-0.4, -0.2) is 23.9 Å². The SMILES string of the molecule is Cc1cn(-c2cc(NC(=O)c3cc(Cl)ccc3NS(=O)(=O)c3ccc(Oc4ccccc4Cl)cc3)cc(C(F)(F)F)c2)cn1. The van der Waals surface area contributed by atoms with E-state index in [1.807, 2.05) is 0 Å². The lowest BCUT2D eigenvalue weighted by molar-refractivity contribution is -0.137. The molecule has 0 unspecified atom stereocenters. The number of halogens is 5. The number of carbonyl (C=O) groups is 1. The number of aromatic nitrogens is 2. The highest BCUT2D eigenvalue weighted by atomic mass is 35.5. The summed E-state index contributed by atoms with van der Waals surface area (Å²) in [6.07, 6.45) is -1.84. The molecule has 14 heteroatoms. The maximum absolute atomic E-state index is 13.7. The van der Waals surface area contributed by atoms with Crippen molar-refractivity contribution in [3.05, 3.63) is 124 Å². The van der Waals surface area contributed by atoms with E-state index in [0.717, 1.165) is 12.1 Å². The van der Waals surface area contributed by atoms with E-state index in [4.69, 9.17) is 27.9 Å². The number of sulfonamides is 1. The fourth-order valence-electron chi connectivity index (χ4n) is 4.10. The van der Waals surface area contributed by atoms with E-state index in [2.05, 4.69) is 15.0 Å². The van der Waals surface area contributed by atoms with E-state index in [0.29, 0.717) is 22.2 Å². The number of anilines is 2. The Labute approximate surface area is 260 Å². The van der Waals surface area contributed by atoms with Crippen LogP contribution in [0.2, 0.25) is 10.0 Å². The number of imidazole rings is 1. The maximum Gasteiger partial charge on any atom is 0.416 e. The number of rotatable bonds is 8. The summed E-state index contributed by atoms with van der Waals surface area (Å²) in [4.78, 5) is 17.2. The van der Waals surface area contributed by atoms with E-state index in [1.165, 1.54) is 65.6 Å². The molecule has 0 aliphatic rings. The molecule has 2 N–H and O–H groups in total. The van der Waals surface area contributed by atoms with Crippen molar-refractivity contribution >= 4 is 50.5 Å². The lowest BCUT2D eigenvalue weighted by Gasteiger charge is -2.16. The molecule has 44 heavy (non-hydrogen) atoms. The first-order valence-electron chi connectivity index (χ1n) is 12.7. The summed E-state index contributed by atoms with van der Waals surface area (Å²) in [5, 5.41) is 2.89. The van der Waals surface area contributed by atoms with Crippen LogP contribution >= 0.6 is 23.2 Å². The van der Waals surface area contributed by atoms with Crippen molar-refractivity contribution in [3.63, 3.8) is 0 Å². The van der Waals surface area contributed by atoms with E-state index >= 15 is 0 Å². The summed E-state index contributed by atoms with van der Waals surface area (Å²) in [5.74, 6) is -0.191. The number of aryl methyl sites for hydroxylation is 1. The summed E-state index contributed by atoms with van der Waals surface area (Å²) in [7, 11) is -4.23. The Morgan fingerprint density at radius 1 is 0.955 bits per heavy atom. The third-order valence-electron chi connectivity index (χ3n) is 6.18. The van der Waals surface area contributed by atoms with Crippen molar-refractivity contribution in [1.82, 2.24) is 9.55 Å². The zero-order valence-electron chi connectivity index (χ0n) is 22.6. The van der Waals surface area contributed by atoms with Gasteiger partial charge >= 0.3 is 6.18 Å². The van der Waals surface area contributed by atoms with Crippen LogP contribution in [0, 0.1) is 6.92 Å². The molecular formula is C30H21Cl2F3N4O4S. The number of amides is 1. The minimum absolute atomic E-state index is 0.0952. The molecule has 0 aliphatic heterocycles. The van der Waals surface area contributed by atoms with E-state index in [1.54, 1.807) is 31.2 Å². The number of benzene rings is 4. The number of carbonyl (C=O) groups excluding carboxylic acids is 1. The fourth-order valence-corrected chi connectivity index (χ4v) is 5.52. The van der Waals surface area contributed by atoms with Crippen LogP contribution in [0.25, 0.3) is 5.69 Å². The van der Waals surface area contributed by atoms with Crippen LogP contribution in [0.3, 0.4) is 0 Å². The molecular weight excluding hydrogens is 640 g/mol. The predicted octanol–water partition coefficient (Wildman–Crippen LogP) is 8.35. The normalized spacial score (nSPS) is 11.7. The molecule has 8 nitrogen and oxygen atoms in total. The third-order valence-corrected chi connectivity index (χ3v) is 8.11. The first-order valence-corrected chi connectivity index (χ1v) is 14.9. The first-order chi connectivity index (χ1) is 20.8. The van der Waals surface area contributed by atoms with Crippen molar-refractivity contribution in [2.24, 2.45) is 0 Å². The molecule has 0 aliphatic carbocycles. The van der Waals surface area contributed by atoms with Gasteiger partial charge in [0.2, 0.25) is 0 Å². The molecule has 1 aromatic heterocycles. The summed E-state index contributed by atoms with van der Waals surface area (Å²) >= 11 is 12.2. The summed E-state index contributed by atoms with van der Waals surface area (Å²) in [6.45, 7) is 1.68. The lowest BCUT2D eigenvalue weighted by Crippen LogP contribution is -2.19. The maximum atomic E-state index is 13.7. The van der Waals surface area contributed by atoms with E-state index in [9.17, 15) is 26.4 Å². The van der Waals surface area contributed by atoms with Crippen LogP contribution in [0.5, 0.6) is 11.5 Å². The number of alkyl halides is 3.